The lowest BCUT2D eigenvalue weighted by Crippen LogP contribution is -2.37. The highest BCUT2D eigenvalue weighted by Crippen LogP contribution is 2.39. The number of hydrogen-bond donors (Lipinski definition) is 2. The average Bonchev–Trinajstić information content (AvgIpc) is 3.32. The Bertz CT molecular complexity index is 1410. The van der Waals surface area contributed by atoms with E-state index < -0.39 is 0 Å². The number of nitrogens with zero attached hydrogens (tertiary/aromatic N) is 3. The van der Waals surface area contributed by atoms with Gasteiger partial charge in [-0.1, -0.05) is 42.5 Å². The number of phenols is 1. The maximum Gasteiger partial charge on any atom is 0.133 e. The van der Waals surface area contributed by atoms with Gasteiger partial charge >= 0.3 is 0 Å². The van der Waals surface area contributed by atoms with E-state index in [0.717, 1.165) is 41.9 Å². The van der Waals surface area contributed by atoms with Gasteiger partial charge in [-0.3, -0.25) is 4.90 Å². The highest BCUT2D eigenvalue weighted by Gasteiger charge is 2.34. The van der Waals surface area contributed by atoms with Crippen LogP contribution < -0.4 is 0 Å². The zero-order chi connectivity index (χ0) is 20.9. The second kappa shape index (κ2) is 7.00. The zero-order valence-corrected chi connectivity index (χ0v) is 17.4. The molecule has 154 valence electrons. The van der Waals surface area contributed by atoms with Crippen LogP contribution in [0.5, 0.6) is 5.75 Å². The van der Waals surface area contributed by atoms with Crippen molar-refractivity contribution in [2.45, 2.75) is 19.0 Å². The van der Waals surface area contributed by atoms with Crippen molar-refractivity contribution in [1.29, 1.82) is 0 Å². The summed E-state index contributed by atoms with van der Waals surface area (Å²) in [6.07, 6.45) is 0.985. The van der Waals surface area contributed by atoms with Crippen LogP contribution in [0.1, 0.15) is 28.7 Å². The number of para-hydroxylation sites is 3. The Morgan fingerprint density at radius 2 is 1.87 bits per heavy atom. The number of hydrogen-bond acceptors (Lipinski definition) is 3. The Labute approximate surface area is 180 Å². The lowest BCUT2D eigenvalue weighted by Gasteiger charge is -2.35. The highest BCUT2D eigenvalue weighted by atomic mass is 16.3. The van der Waals surface area contributed by atoms with Gasteiger partial charge in [0.15, 0.2) is 0 Å². The monoisotopic (exact) mass is 408 g/mol. The van der Waals surface area contributed by atoms with Gasteiger partial charge in [-0.25, -0.2) is 4.98 Å². The standard InChI is InChI=1S/C26H24N4O/c1-29-23-12-5-4-11-22(23)28-26(29)25-24-20(19-9-2-3-10-21(19)27-24)13-14-30(25)16-17-7-6-8-18(31)15-17/h2-12,15,25,27,31H,13-14,16H2,1H3. The van der Waals surface area contributed by atoms with Crippen LogP contribution in [-0.4, -0.2) is 31.1 Å². The van der Waals surface area contributed by atoms with Crippen molar-refractivity contribution in [2.24, 2.45) is 7.05 Å². The number of aromatic nitrogens is 3. The smallest absolute Gasteiger partial charge is 0.133 e. The molecule has 0 aliphatic carbocycles. The van der Waals surface area contributed by atoms with E-state index in [4.69, 9.17) is 4.98 Å². The first-order chi connectivity index (χ1) is 15.2. The van der Waals surface area contributed by atoms with Crippen LogP contribution in [-0.2, 0) is 20.0 Å². The number of nitrogens with one attached hydrogen (secondary N) is 1. The molecule has 2 N–H and O–H groups in total. The highest BCUT2D eigenvalue weighted by molar-refractivity contribution is 5.85. The molecule has 3 aromatic carbocycles. The fraction of sp³-hybridized carbons (Fsp3) is 0.192. The topological polar surface area (TPSA) is 57.1 Å². The molecule has 0 bridgehead atoms. The van der Waals surface area contributed by atoms with Crippen molar-refractivity contribution in [2.75, 3.05) is 6.54 Å². The van der Waals surface area contributed by atoms with Gasteiger partial charge in [0, 0.05) is 36.7 Å². The van der Waals surface area contributed by atoms with Crippen molar-refractivity contribution in [3.63, 3.8) is 0 Å². The Kier molecular flexibility index (Phi) is 4.11. The zero-order valence-electron chi connectivity index (χ0n) is 17.4. The Balaban J connectivity index is 1.53. The van der Waals surface area contributed by atoms with Crippen LogP contribution in [0.4, 0.5) is 0 Å². The van der Waals surface area contributed by atoms with E-state index in [1.165, 1.54) is 22.2 Å². The molecule has 5 heteroatoms. The largest absolute Gasteiger partial charge is 0.508 e. The molecule has 1 aliphatic rings. The summed E-state index contributed by atoms with van der Waals surface area (Å²) in [5.41, 5.74) is 7.04. The van der Waals surface area contributed by atoms with E-state index in [2.05, 4.69) is 70.0 Å². The van der Waals surface area contributed by atoms with E-state index in [1.807, 2.05) is 18.2 Å². The van der Waals surface area contributed by atoms with Crippen molar-refractivity contribution < 1.29 is 5.11 Å². The number of rotatable bonds is 3. The van der Waals surface area contributed by atoms with Crippen molar-refractivity contribution >= 4 is 21.9 Å². The van der Waals surface area contributed by atoms with Gasteiger partial charge < -0.3 is 14.7 Å². The lowest BCUT2D eigenvalue weighted by molar-refractivity contribution is 0.192. The van der Waals surface area contributed by atoms with Crippen molar-refractivity contribution in [3.8, 4) is 5.75 Å². The van der Waals surface area contributed by atoms with Crippen LogP contribution >= 0.6 is 0 Å². The number of aromatic amines is 1. The van der Waals surface area contributed by atoms with Crippen molar-refractivity contribution in [1.82, 2.24) is 19.4 Å². The van der Waals surface area contributed by atoms with Crippen LogP contribution in [0.15, 0.2) is 72.8 Å². The second-order valence-electron chi connectivity index (χ2n) is 8.37. The fourth-order valence-electron chi connectivity index (χ4n) is 5.05. The summed E-state index contributed by atoms with van der Waals surface area (Å²) < 4.78 is 2.22. The Morgan fingerprint density at radius 3 is 2.74 bits per heavy atom. The summed E-state index contributed by atoms with van der Waals surface area (Å²) in [6.45, 7) is 1.68. The number of benzene rings is 3. The third-order valence-corrected chi connectivity index (χ3v) is 6.50. The first kappa shape index (κ1) is 18.2. The van der Waals surface area contributed by atoms with E-state index >= 15 is 0 Å². The third-order valence-electron chi connectivity index (χ3n) is 6.50. The average molecular weight is 409 g/mol. The van der Waals surface area contributed by atoms with Gasteiger partial charge in [0.05, 0.1) is 11.0 Å². The molecule has 1 aliphatic heterocycles. The maximum absolute atomic E-state index is 9.98. The number of fused-ring (bicyclic) bond motifs is 4. The Morgan fingerprint density at radius 1 is 1.03 bits per heavy atom. The minimum atomic E-state index is 0.0101. The van der Waals surface area contributed by atoms with Crippen LogP contribution in [0, 0.1) is 0 Å². The summed E-state index contributed by atoms with van der Waals surface area (Å²) in [4.78, 5) is 11.3. The summed E-state index contributed by atoms with van der Waals surface area (Å²) in [7, 11) is 2.11. The van der Waals surface area contributed by atoms with Gasteiger partial charge in [0.25, 0.3) is 0 Å². The van der Waals surface area contributed by atoms with Gasteiger partial charge in [0.1, 0.15) is 17.6 Å². The molecule has 5 nitrogen and oxygen atoms in total. The summed E-state index contributed by atoms with van der Waals surface area (Å²) in [6, 6.07) is 24.4. The number of aryl methyl sites for hydroxylation is 1. The van der Waals surface area contributed by atoms with E-state index in [0.29, 0.717) is 5.75 Å². The number of imidazole rings is 1. The molecule has 0 saturated carbocycles. The molecule has 1 atom stereocenters. The van der Waals surface area contributed by atoms with E-state index in [9.17, 15) is 5.11 Å². The summed E-state index contributed by atoms with van der Waals surface area (Å²) in [5.74, 6) is 1.34. The normalized spacial score (nSPS) is 16.7. The van der Waals surface area contributed by atoms with E-state index in [1.54, 1.807) is 6.07 Å². The number of phenolic OH excluding ortho intramolecular Hbond substituents is 1. The minimum absolute atomic E-state index is 0.0101. The fourth-order valence-corrected chi connectivity index (χ4v) is 5.05. The van der Waals surface area contributed by atoms with Gasteiger partial charge in [-0.2, -0.15) is 0 Å². The molecule has 5 aromatic rings. The van der Waals surface area contributed by atoms with Gasteiger partial charge in [-0.05, 0) is 47.9 Å². The molecular weight excluding hydrogens is 384 g/mol. The third kappa shape index (κ3) is 2.93. The molecule has 0 fully saturated rings. The quantitative estimate of drug-likeness (QED) is 0.446. The molecule has 0 saturated heterocycles. The van der Waals surface area contributed by atoms with Crippen LogP contribution in [0.2, 0.25) is 0 Å². The Hall–Kier alpha value is -3.57. The first-order valence-corrected chi connectivity index (χ1v) is 10.7. The van der Waals surface area contributed by atoms with E-state index in [-0.39, 0.29) is 6.04 Å². The SMILES string of the molecule is Cn1c(C2c3[nH]c4ccccc4c3CCN2Cc2cccc(O)c2)nc2ccccc21. The van der Waals surface area contributed by atoms with Crippen LogP contribution in [0.3, 0.4) is 0 Å². The first-order valence-electron chi connectivity index (χ1n) is 10.7. The molecule has 3 heterocycles. The van der Waals surface area contributed by atoms with Gasteiger partial charge in [0.2, 0.25) is 0 Å². The second-order valence-corrected chi connectivity index (χ2v) is 8.37. The number of aromatic hydroxyl groups is 1. The lowest BCUT2D eigenvalue weighted by atomic mass is 9.96. The molecule has 31 heavy (non-hydrogen) atoms. The minimum Gasteiger partial charge on any atom is -0.508 e. The van der Waals surface area contributed by atoms with Crippen molar-refractivity contribution in [3.05, 3.63) is 95.4 Å². The molecule has 0 spiro atoms. The molecule has 0 radical (unpaired) electrons. The summed E-state index contributed by atoms with van der Waals surface area (Å²) >= 11 is 0. The molecule has 2 aromatic heterocycles. The summed E-state index contributed by atoms with van der Waals surface area (Å²) in [5, 5.41) is 11.3. The molecular formula is C26H24N4O. The maximum atomic E-state index is 9.98. The predicted molar refractivity (Wildman–Crippen MR) is 123 cm³/mol. The molecule has 0 amide bonds. The predicted octanol–water partition coefficient (Wildman–Crippen LogP) is 4.91. The van der Waals surface area contributed by atoms with Gasteiger partial charge in [-0.15, -0.1) is 0 Å². The number of H-pyrrole nitrogens is 1. The molecule has 6 rings (SSSR count). The molecule has 1 unspecified atom stereocenters. The van der Waals surface area contributed by atoms with Crippen LogP contribution in [0.25, 0.3) is 21.9 Å².